The summed E-state index contributed by atoms with van der Waals surface area (Å²) in [6.45, 7) is 17.5. The summed E-state index contributed by atoms with van der Waals surface area (Å²) >= 11 is 0. The van der Waals surface area contributed by atoms with Crippen LogP contribution in [0.2, 0.25) is 0 Å². The highest BCUT2D eigenvalue weighted by Crippen LogP contribution is 2.15. The Bertz CT molecular complexity index is 983. The number of ether oxygens (including phenoxy) is 13. The van der Waals surface area contributed by atoms with Crippen LogP contribution in [0.5, 0.6) is 5.75 Å². The molecule has 0 bridgehead atoms. The minimum absolute atomic E-state index is 0.112. The van der Waals surface area contributed by atoms with E-state index >= 15 is 0 Å². The Morgan fingerprint density at radius 1 is 0.442 bits per heavy atom. The molecule has 0 fully saturated rings. The molecule has 0 radical (unpaired) electrons. The first-order valence-corrected chi connectivity index (χ1v) is 17.7. The molecular weight excluding hydrogens is 686 g/mol. The molecule has 16 heteroatoms. The topological polar surface area (TPSA) is 166 Å². The van der Waals surface area contributed by atoms with E-state index in [4.69, 9.17) is 61.6 Å². The largest absolute Gasteiger partial charge is 0.491 e. The number of benzene rings is 1. The van der Waals surface area contributed by atoms with Crippen molar-refractivity contribution < 1.29 is 71.2 Å². The molecule has 0 aliphatic carbocycles. The Kier molecular flexibility index (Phi) is 33.3. The third kappa shape index (κ3) is 33.1. The highest BCUT2D eigenvalue weighted by atomic mass is 16.6. The van der Waals surface area contributed by atoms with Crippen molar-refractivity contribution in [2.24, 2.45) is 0 Å². The summed E-state index contributed by atoms with van der Waals surface area (Å²) in [7, 11) is 0. The monoisotopic (exact) mass is 747 g/mol. The molecule has 0 heterocycles. The third-order valence-corrected chi connectivity index (χ3v) is 6.20. The van der Waals surface area contributed by atoms with Crippen LogP contribution in [0, 0.1) is 0 Å². The lowest BCUT2D eigenvalue weighted by Crippen LogP contribution is -2.16. The van der Waals surface area contributed by atoms with Gasteiger partial charge in [0.2, 0.25) is 5.91 Å². The predicted molar refractivity (Wildman–Crippen MR) is 191 cm³/mol. The Balaban J connectivity index is 1.65. The van der Waals surface area contributed by atoms with E-state index in [1.54, 1.807) is 31.2 Å². The van der Waals surface area contributed by atoms with E-state index in [9.17, 15) is 9.59 Å². The molecule has 1 N–H and O–H groups in total. The van der Waals surface area contributed by atoms with E-state index in [1.807, 2.05) is 0 Å². The van der Waals surface area contributed by atoms with E-state index in [0.717, 1.165) is 5.69 Å². The molecule has 0 unspecified atom stereocenters. The molecule has 52 heavy (non-hydrogen) atoms. The molecular formula is C36H61NO15. The van der Waals surface area contributed by atoms with Crippen molar-refractivity contribution in [2.75, 3.05) is 164 Å². The zero-order valence-corrected chi connectivity index (χ0v) is 31.1. The molecule has 300 valence electrons. The number of hydrogen-bond acceptors (Lipinski definition) is 15. The highest BCUT2D eigenvalue weighted by molar-refractivity contribution is 5.88. The maximum absolute atomic E-state index is 11.2. The van der Waals surface area contributed by atoms with Gasteiger partial charge in [0, 0.05) is 18.2 Å². The summed E-state index contributed by atoms with van der Waals surface area (Å²) in [6, 6.07) is 7.16. The summed E-state index contributed by atoms with van der Waals surface area (Å²) in [6.07, 6.45) is 0. The molecule has 1 aromatic carbocycles. The Hall–Kier alpha value is -2.74. The summed E-state index contributed by atoms with van der Waals surface area (Å²) in [4.78, 5) is 22.2. The van der Waals surface area contributed by atoms with Crippen LogP contribution in [0.25, 0.3) is 0 Å². The smallest absolute Gasteiger partial charge is 0.333 e. The zero-order valence-electron chi connectivity index (χ0n) is 31.1. The summed E-state index contributed by atoms with van der Waals surface area (Å²) in [5, 5.41) is 2.71. The maximum Gasteiger partial charge on any atom is 0.333 e. The van der Waals surface area contributed by atoms with Crippen molar-refractivity contribution >= 4 is 17.6 Å². The minimum Gasteiger partial charge on any atom is -0.491 e. The number of esters is 1. The molecule has 0 aliphatic rings. The summed E-state index contributed by atoms with van der Waals surface area (Å²) in [5.41, 5.74) is 1.09. The Labute approximate surface area is 308 Å². The van der Waals surface area contributed by atoms with Crippen LogP contribution in [0.3, 0.4) is 0 Å². The molecule has 0 aromatic heterocycles. The van der Waals surface area contributed by atoms with Crippen LogP contribution < -0.4 is 10.1 Å². The second-order valence-electron chi connectivity index (χ2n) is 10.7. The predicted octanol–water partition coefficient (Wildman–Crippen LogP) is 2.33. The van der Waals surface area contributed by atoms with Crippen LogP contribution in [0.1, 0.15) is 13.8 Å². The second kappa shape index (κ2) is 36.6. The molecule has 1 rings (SSSR count). The lowest BCUT2D eigenvalue weighted by molar-refractivity contribution is -0.140. The van der Waals surface area contributed by atoms with Crippen LogP contribution >= 0.6 is 0 Å². The SMILES string of the molecule is C=C(C)C(=O)OCCOCCOCCOCCOCCOCCOCCOCCOCCOCCOCCOCCOc1ccc(NC(C)=O)cc1. The van der Waals surface area contributed by atoms with Crippen molar-refractivity contribution in [2.45, 2.75) is 13.8 Å². The zero-order chi connectivity index (χ0) is 37.6. The van der Waals surface area contributed by atoms with Crippen LogP contribution in [-0.2, 0) is 66.4 Å². The first-order chi connectivity index (χ1) is 25.5. The molecule has 16 nitrogen and oxygen atoms in total. The van der Waals surface area contributed by atoms with E-state index in [1.165, 1.54) is 6.92 Å². The first kappa shape index (κ1) is 47.3. The molecule has 1 amide bonds. The third-order valence-electron chi connectivity index (χ3n) is 6.20. The van der Waals surface area contributed by atoms with E-state index < -0.39 is 5.97 Å². The van der Waals surface area contributed by atoms with E-state index in [-0.39, 0.29) is 12.5 Å². The van der Waals surface area contributed by atoms with Crippen molar-refractivity contribution in [1.82, 2.24) is 0 Å². The van der Waals surface area contributed by atoms with Gasteiger partial charge in [-0.2, -0.15) is 0 Å². The van der Waals surface area contributed by atoms with Crippen molar-refractivity contribution in [3.63, 3.8) is 0 Å². The van der Waals surface area contributed by atoms with Gasteiger partial charge in [0.05, 0.1) is 145 Å². The summed E-state index contributed by atoms with van der Waals surface area (Å²) < 4.78 is 70.5. The standard InChI is InChI=1S/C36H61NO15/c1-32(2)36(39)52-31-29-50-27-25-48-23-21-46-19-17-44-15-13-42-11-9-40-8-10-41-12-14-43-16-18-45-20-22-47-24-26-49-28-30-51-35-6-4-34(5-7-35)37-33(3)38/h4-7H,1,8-31H2,2-3H3,(H,37,38). The normalized spacial score (nSPS) is 11.1. The minimum atomic E-state index is -0.417. The number of nitrogens with one attached hydrogen (secondary N) is 1. The number of anilines is 1. The van der Waals surface area contributed by atoms with Gasteiger partial charge in [0.15, 0.2) is 0 Å². The van der Waals surface area contributed by atoms with E-state index in [2.05, 4.69) is 11.9 Å². The van der Waals surface area contributed by atoms with Crippen molar-refractivity contribution in [1.29, 1.82) is 0 Å². The van der Waals surface area contributed by atoms with Crippen LogP contribution in [-0.4, -0.2) is 170 Å². The van der Waals surface area contributed by atoms with Gasteiger partial charge >= 0.3 is 5.97 Å². The quantitative estimate of drug-likeness (QED) is 0.0592. The van der Waals surface area contributed by atoms with Crippen LogP contribution in [0.4, 0.5) is 5.69 Å². The van der Waals surface area contributed by atoms with E-state index in [0.29, 0.717) is 163 Å². The van der Waals surface area contributed by atoms with Crippen molar-refractivity contribution in [3.05, 3.63) is 36.4 Å². The van der Waals surface area contributed by atoms with Gasteiger partial charge in [0.1, 0.15) is 19.0 Å². The molecule has 1 aromatic rings. The number of rotatable bonds is 39. The molecule has 0 spiro atoms. The lowest BCUT2D eigenvalue weighted by atomic mass is 10.3. The number of carbonyl (C=O) groups excluding carboxylic acids is 2. The fourth-order valence-electron chi connectivity index (χ4n) is 3.67. The van der Waals surface area contributed by atoms with Crippen molar-refractivity contribution in [3.8, 4) is 5.75 Å². The molecule has 0 saturated heterocycles. The van der Waals surface area contributed by atoms with Gasteiger partial charge in [-0.25, -0.2) is 4.79 Å². The Morgan fingerprint density at radius 2 is 0.712 bits per heavy atom. The molecule has 0 aliphatic heterocycles. The fraction of sp³-hybridized carbons (Fsp3) is 0.722. The average molecular weight is 748 g/mol. The summed E-state index contributed by atoms with van der Waals surface area (Å²) in [5.74, 6) is 0.183. The highest BCUT2D eigenvalue weighted by Gasteiger charge is 2.02. The second-order valence-corrected chi connectivity index (χ2v) is 10.7. The number of carbonyl (C=O) groups is 2. The van der Waals surface area contributed by atoms with Gasteiger partial charge in [-0.05, 0) is 31.2 Å². The maximum atomic E-state index is 11.2. The van der Waals surface area contributed by atoms with Gasteiger partial charge in [-0.3, -0.25) is 4.79 Å². The lowest BCUT2D eigenvalue weighted by Gasteiger charge is -2.09. The molecule has 0 atom stereocenters. The average Bonchev–Trinajstić information content (AvgIpc) is 3.13. The van der Waals surface area contributed by atoms with Gasteiger partial charge in [0.25, 0.3) is 0 Å². The van der Waals surface area contributed by atoms with Gasteiger partial charge in [-0.15, -0.1) is 0 Å². The van der Waals surface area contributed by atoms with Crippen LogP contribution in [0.15, 0.2) is 36.4 Å². The number of amides is 1. The molecule has 0 saturated carbocycles. The Morgan fingerprint density at radius 3 is 0.981 bits per heavy atom. The fourth-order valence-corrected chi connectivity index (χ4v) is 3.67. The first-order valence-electron chi connectivity index (χ1n) is 17.7. The number of hydrogen-bond donors (Lipinski definition) is 1. The van der Waals surface area contributed by atoms with Gasteiger partial charge in [-0.1, -0.05) is 6.58 Å². The van der Waals surface area contributed by atoms with Gasteiger partial charge < -0.3 is 66.9 Å².